The number of carboxylic acid groups (broad SMARTS) is 1. The van der Waals surface area contributed by atoms with Gasteiger partial charge in [0.25, 0.3) is 0 Å². The largest absolute Gasteiger partial charge is 0.478 e. The number of hydrogen-bond donors (Lipinski definition) is 1. The molecule has 3 aromatic heterocycles. The van der Waals surface area contributed by atoms with E-state index in [2.05, 4.69) is 15.0 Å². The fraction of sp³-hybridized carbons (Fsp3) is 0. The van der Waals surface area contributed by atoms with Crippen molar-refractivity contribution in [3.63, 3.8) is 0 Å². The molecule has 0 bridgehead atoms. The highest BCUT2D eigenvalue weighted by atomic mass is 32.1. The first-order valence-corrected chi connectivity index (χ1v) is 6.17. The quantitative estimate of drug-likeness (QED) is 0.789. The number of nitrogens with zero attached hydrogens (tertiary/aromatic N) is 3. The maximum absolute atomic E-state index is 11.1. The molecule has 19 heavy (non-hydrogen) atoms. The molecule has 0 aromatic carbocycles. The van der Waals surface area contributed by atoms with E-state index in [1.807, 2.05) is 11.4 Å². The Balaban J connectivity index is 2.06. The molecule has 1 N–H and O–H groups in total. The molecule has 0 amide bonds. The molecule has 0 radical (unpaired) electrons. The Kier molecular flexibility index (Phi) is 2.81. The van der Waals surface area contributed by atoms with Crippen molar-refractivity contribution >= 4 is 27.5 Å². The van der Waals surface area contributed by atoms with E-state index >= 15 is 0 Å². The summed E-state index contributed by atoms with van der Waals surface area (Å²) in [6, 6.07) is 3.20. The van der Waals surface area contributed by atoms with E-state index in [4.69, 9.17) is 9.84 Å². The van der Waals surface area contributed by atoms with Gasteiger partial charge in [-0.05, 0) is 17.5 Å². The molecule has 7 heteroatoms. The zero-order chi connectivity index (χ0) is 13.2. The number of thiophene rings is 1. The first kappa shape index (κ1) is 11.5. The molecular weight excluding hydrogens is 266 g/mol. The molecule has 0 fully saturated rings. The number of pyridine rings is 1. The average molecular weight is 273 g/mol. The predicted molar refractivity (Wildman–Crippen MR) is 68.7 cm³/mol. The Morgan fingerprint density at radius 1 is 1.32 bits per heavy atom. The molecule has 0 spiro atoms. The van der Waals surface area contributed by atoms with Crippen molar-refractivity contribution in [3.05, 3.63) is 41.8 Å². The molecule has 3 aromatic rings. The number of carboxylic acids is 1. The molecule has 0 aliphatic rings. The van der Waals surface area contributed by atoms with Gasteiger partial charge in [0.15, 0.2) is 5.75 Å². The van der Waals surface area contributed by atoms with Crippen molar-refractivity contribution in [1.29, 1.82) is 0 Å². The van der Waals surface area contributed by atoms with Crippen LogP contribution >= 0.6 is 11.3 Å². The second kappa shape index (κ2) is 4.62. The lowest BCUT2D eigenvalue weighted by Gasteiger charge is -2.07. The molecule has 0 saturated carbocycles. The summed E-state index contributed by atoms with van der Waals surface area (Å²) in [5, 5.41) is 11.7. The number of aromatic nitrogens is 3. The standard InChI is InChI=1S/C12H7N3O3S/c16-12(17)7-1-3-13-5-9(7)18-10-8-2-4-19-11(8)15-6-14-10/h1-6H,(H,16,17). The first-order valence-electron chi connectivity index (χ1n) is 5.29. The van der Waals surface area contributed by atoms with Gasteiger partial charge in [-0.2, -0.15) is 0 Å². The van der Waals surface area contributed by atoms with Crippen molar-refractivity contribution in [2.45, 2.75) is 0 Å². The van der Waals surface area contributed by atoms with Crippen molar-refractivity contribution in [1.82, 2.24) is 15.0 Å². The molecule has 0 aliphatic carbocycles. The topological polar surface area (TPSA) is 85.2 Å². The summed E-state index contributed by atoms with van der Waals surface area (Å²) in [5.74, 6) is -0.601. The van der Waals surface area contributed by atoms with Gasteiger partial charge in [-0.15, -0.1) is 11.3 Å². The smallest absolute Gasteiger partial charge is 0.339 e. The fourth-order valence-corrected chi connectivity index (χ4v) is 2.31. The number of aromatic carboxylic acids is 1. The van der Waals surface area contributed by atoms with Crippen molar-refractivity contribution in [3.8, 4) is 11.6 Å². The Bertz CT molecular complexity index is 757. The number of carbonyl (C=O) groups is 1. The third-order valence-electron chi connectivity index (χ3n) is 2.45. The summed E-state index contributed by atoms with van der Waals surface area (Å²) in [5.41, 5.74) is 0.0389. The molecule has 0 saturated heterocycles. The lowest BCUT2D eigenvalue weighted by Crippen LogP contribution is -2.01. The van der Waals surface area contributed by atoms with Gasteiger partial charge in [0.05, 0.1) is 11.6 Å². The highest BCUT2D eigenvalue weighted by Crippen LogP contribution is 2.30. The van der Waals surface area contributed by atoms with E-state index in [1.165, 1.54) is 36.1 Å². The van der Waals surface area contributed by atoms with E-state index in [-0.39, 0.29) is 11.3 Å². The van der Waals surface area contributed by atoms with Gasteiger partial charge in [-0.1, -0.05) is 0 Å². The zero-order valence-electron chi connectivity index (χ0n) is 9.48. The molecule has 94 valence electrons. The van der Waals surface area contributed by atoms with Crippen LogP contribution in [-0.4, -0.2) is 26.0 Å². The van der Waals surface area contributed by atoms with Gasteiger partial charge < -0.3 is 9.84 Å². The Hall–Kier alpha value is -2.54. The van der Waals surface area contributed by atoms with E-state index < -0.39 is 5.97 Å². The van der Waals surface area contributed by atoms with E-state index in [1.54, 1.807) is 0 Å². The summed E-state index contributed by atoms with van der Waals surface area (Å²) < 4.78 is 5.55. The van der Waals surface area contributed by atoms with Gasteiger partial charge in [0.1, 0.15) is 16.7 Å². The van der Waals surface area contributed by atoms with Crippen molar-refractivity contribution in [2.24, 2.45) is 0 Å². The van der Waals surface area contributed by atoms with Crippen LogP contribution in [0.25, 0.3) is 10.2 Å². The average Bonchev–Trinajstić information content (AvgIpc) is 2.88. The lowest BCUT2D eigenvalue weighted by molar-refractivity contribution is 0.0694. The Morgan fingerprint density at radius 2 is 2.21 bits per heavy atom. The maximum Gasteiger partial charge on any atom is 0.339 e. The second-order valence-corrected chi connectivity index (χ2v) is 4.49. The van der Waals surface area contributed by atoms with E-state index in [9.17, 15) is 4.79 Å². The molecule has 3 rings (SSSR count). The molecule has 6 nitrogen and oxygen atoms in total. The van der Waals surface area contributed by atoms with Crippen LogP contribution in [0.1, 0.15) is 10.4 Å². The fourth-order valence-electron chi connectivity index (χ4n) is 1.59. The first-order chi connectivity index (χ1) is 9.25. The minimum Gasteiger partial charge on any atom is -0.478 e. The summed E-state index contributed by atoms with van der Waals surface area (Å²) in [6.45, 7) is 0. The van der Waals surface area contributed by atoms with Crippen molar-refractivity contribution in [2.75, 3.05) is 0 Å². The Labute approximate surface area is 111 Å². The second-order valence-electron chi connectivity index (χ2n) is 3.60. The summed E-state index contributed by atoms with van der Waals surface area (Å²) >= 11 is 1.46. The number of fused-ring (bicyclic) bond motifs is 1. The van der Waals surface area contributed by atoms with Gasteiger partial charge in [0.2, 0.25) is 5.88 Å². The van der Waals surface area contributed by atoms with Crippen LogP contribution in [-0.2, 0) is 0 Å². The van der Waals surface area contributed by atoms with Crippen LogP contribution in [0.15, 0.2) is 36.2 Å². The third-order valence-corrected chi connectivity index (χ3v) is 3.27. The molecule has 0 atom stereocenters. The minimum absolute atomic E-state index is 0.0389. The van der Waals surface area contributed by atoms with Crippen LogP contribution < -0.4 is 4.74 Å². The Morgan fingerprint density at radius 3 is 3.05 bits per heavy atom. The SMILES string of the molecule is O=C(O)c1ccncc1Oc1ncnc2sccc12. The minimum atomic E-state index is -1.08. The lowest BCUT2D eigenvalue weighted by atomic mass is 10.2. The number of hydrogen-bond acceptors (Lipinski definition) is 6. The molecular formula is C12H7N3O3S. The predicted octanol–water partition coefficient (Wildman–Crippen LogP) is 2.58. The van der Waals surface area contributed by atoms with Crippen LogP contribution in [0.3, 0.4) is 0 Å². The maximum atomic E-state index is 11.1. The zero-order valence-corrected chi connectivity index (χ0v) is 10.3. The highest BCUT2D eigenvalue weighted by Gasteiger charge is 2.14. The third kappa shape index (κ3) is 2.11. The van der Waals surface area contributed by atoms with Crippen LogP contribution in [0, 0.1) is 0 Å². The van der Waals surface area contributed by atoms with Gasteiger partial charge in [0, 0.05) is 6.20 Å². The highest BCUT2D eigenvalue weighted by molar-refractivity contribution is 7.16. The van der Waals surface area contributed by atoms with Gasteiger partial charge >= 0.3 is 5.97 Å². The van der Waals surface area contributed by atoms with Gasteiger partial charge in [-0.25, -0.2) is 14.8 Å². The van der Waals surface area contributed by atoms with Crippen LogP contribution in [0.5, 0.6) is 11.6 Å². The normalized spacial score (nSPS) is 10.5. The van der Waals surface area contributed by atoms with Crippen LogP contribution in [0.4, 0.5) is 0 Å². The van der Waals surface area contributed by atoms with Gasteiger partial charge in [-0.3, -0.25) is 4.98 Å². The summed E-state index contributed by atoms with van der Waals surface area (Å²) in [7, 11) is 0. The summed E-state index contributed by atoms with van der Waals surface area (Å²) in [4.78, 5) is 23.9. The van der Waals surface area contributed by atoms with Crippen molar-refractivity contribution < 1.29 is 14.6 Å². The monoisotopic (exact) mass is 273 g/mol. The molecule has 0 aliphatic heterocycles. The molecule has 0 unspecified atom stereocenters. The number of rotatable bonds is 3. The van der Waals surface area contributed by atoms with Crippen LogP contribution in [0.2, 0.25) is 0 Å². The number of ether oxygens (including phenoxy) is 1. The summed E-state index contributed by atoms with van der Waals surface area (Å²) in [6.07, 6.45) is 4.13. The molecule has 3 heterocycles. The van der Waals surface area contributed by atoms with E-state index in [0.29, 0.717) is 5.88 Å². The van der Waals surface area contributed by atoms with E-state index in [0.717, 1.165) is 10.2 Å².